The lowest BCUT2D eigenvalue weighted by Gasteiger charge is -2.21. The van der Waals surface area contributed by atoms with Gasteiger partial charge in [0, 0.05) is 41.1 Å². The molecule has 180 valence electrons. The first-order valence-corrected chi connectivity index (χ1v) is 12.9. The summed E-state index contributed by atoms with van der Waals surface area (Å²) in [5.41, 5.74) is 4.43. The third-order valence-electron chi connectivity index (χ3n) is 5.49. The highest BCUT2D eigenvalue weighted by molar-refractivity contribution is 7.09. The quantitative estimate of drug-likeness (QED) is 0.272. The highest BCUT2D eigenvalue weighted by Gasteiger charge is 2.17. The van der Waals surface area contributed by atoms with E-state index in [1.165, 1.54) is 17.1 Å². The van der Waals surface area contributed by atoms with Crippen molar-refractivity contribution >= 4 is 45.8 Å². The highest BCUT2D eigenvalue weighted by atomic mass is 35.5. The maximum atomic E-state index is 12.8. The highest BCUT2D eigenvalue weighted by Crippen LogP contribution is 2.22. The summed E-state index contributed by atoms with van der Waals surface area (Å²) in [5, 5.41) is 4.92. The number of amides is 1. The zero-order valence-corrected chi connectivity index (χ0v) is 21.7. The van der Waals surface area contributed by atoms with Crippen LogP contribution in [0, 0.1) is 6.92 Å². The minimum Gasteiger partial charge on any atom is -0.354 e. The van der Waals surface area contributed by atoms with Crippen molar-refractivity contribution in [2.45, 2.75) is 26.3 Å². The normalized spacial score (nSPS) is 10.8. The number of hydrogen-bond acceptors (Lipinski definition) is 5. The molecule has 1 N–H and O–H groups in total. The lowest BCUT2D eigenvalue weighted by molar-refractivity contribution is -0.119. The smallest absolute Gasteiger partial charge is 0.239 e. The van der Waals surface area contributed by atoms with Crippen LogP contribution in [0.25, 0.3) is 0 Å². The fourth-order valence-corrected chi connectivity index (χ4v) is 4.80. The number of nitrogens with zero attached hydrogens (tertiary/aromatic N) is 3. The van der Waals surface area contributed by atoms with Crippen LogP contribution >= 0.6 is 34.7 Å². The molecule has 1 heterocycles. The Morgan fingerprint density at radius 1 is 1.00 bits per heavy atom. The topological polar surface area (TPSA) is 58.1 Å². The van der Waals surface area contributed by atoms with Gasteiger partial charge in [-0.05, 0) is 42.2 Å². The van der Waals surface area contributed by atoms with Gasteiger partial charge in [-0.3, -0.25) is 4.79 Å². The van der Waals surface area contributed by atoms with E-state index in [1.807, 2.05) is 41.3 Å². The van der Waals surface area contributed by atoms with Crippen LogP contribution in [0.4, 0.5) is 5.13 Å². The van der Waals surface area contributed by atoms with Crippen molar-refractivity contribution in [3.8, 4) is 0 Å². The van der Waals surface area contributed by atoms with E-state index < -0.39 is 0 Å². The lowest BCUT2D eigenvalue weighted by Crippen LogP contribution is -2.37. The second-order valence-corrected chi connectivity index (χ2v) is 9.91. The van der Waals surface area contributed by atoms with Gasteiger partial charge in [0.1, 0.15) is 5.82 Å². The summed E-state index contributed by atoms with van der Waals surface area (Å²) < 4.78 is 4.55. The first-order valence-electron chi connectivity index (χ1n) is 11.3. The predicted octanol–water partition coefficient (Wildman–Crippen LogP) is 6.11. The fourth-order valence-electron chi connectivity index (χ4n) is 3.62. The van der Waals surface area contributed by atoms with Crippen molar-refractivity contribution in [3.63, 3.8) is 0 Å². The van der Waals surface area contributed by atoms with Crippen LogP contribution in [0.2, 0.25) is 10.0 Å². The van der Waals surface area contributed by atoms with E-state index in [4.69, 9.17) is 28.2 Å². The summed E-state index contributed by atoms with van der Waals surface area (Å²) in [4.78, 5) is 19.5. The molecule has 5 nitrogen and oxygen atoms in total. The Morgan fingerprint density at radius 2 is 1.77 bits per heavy atom. The van der Waals surface area contributed by atoms with Gasteiger partial charge in [-0.2, -0.15) is 4.37 Å². The van der Waals surface area contributed by atoms with Crippen LogP contribution in [0.3, 0.4) is 0 Å². The lowest BCUT2D eigenvalue weighted by atomic mass is 10.1. The van der Waals surface area contributed by atoms with Crippen LogP contribution < -0.4 is 10.2 Å². The summed E-state index contributed by atoms with van der Waals surface area (Å²) in [6.07, 6.45) is 1.28. The summed E-state index contributed by atoms with van der Waals surface area (Å²) in [6.45, 7) is 3.30. The molecule has 0 radical (unpaired) electrons. The number of benzene rings is 3. The van der Waals surface area contributed by atoms with Crippen LogP contribution in [-0.4, -0.2) is 28.4 Å². The second-order valence-electron chi connectivity index (χ2n) is 8.33. The molecule has 0 aliphatic carbocycles. The standard InChI is InChI=1S/C27H26Cl2N4OS/c1-19-7-9-20(10-8-19)15-25-31-27(35-32-25)33(17-21-5-3-2-4-6-21)18-26(34)30-14-13-22-11-12-23(28)16-24(22)29/h2-12,16H,13-15,17-18H2,1H3,(H,30,34). The molecule has 3 aromatic carbocycles. The van der Waals surface area contributed by atoms with Gasteiger partial charge in [-0.25, -0.2) is 4.98 Å². The molecule has 0 unspecified atom stereocenters. The van der Waals surface area contributed by atoms with Crippen molar-refractivity contribution in [3.05, 3.63) is 111 Å². The molecule has 1 aromatic heterocycles. The van der Waals surface area contributed by atoms with E-state index >= 15 is 0 Å². The molecule has 1 amide bonds. The number of carbonyl (C=O) groups is 1. The number of anilines is 1. The Hall–Kier alpha value is -2.93. The molecule has 0 saturated carbocycles. The molecule has 4 rings (SSSR count). The zero-order chi connectivity index (χ0) is 24.6. The Balaban J connectivity index is 1.41. The zero-order valence-electron chi connectivity index (χ0n) is 19.4. The third-order valence-corrected chi connectivity index (χ3v) is 6.89. The van der Waals surface area contributed by atoms with Gasteiger partial charge < -0.3 is 10.2 Å². The maximum Gasteiger partial charge on any atom is 0.239 e. The summed E-state index contributed by atoms with van der Waals surface area (Å²) in [5.74, 6) is 0.672. The SMILES string of the molecule is Cc1ccc(Cc2nsc(N(CC(=O)NCCc3ccc(Cl)cc3Cl)Cc3ccccc3)n2)cc1. The maximum absolute atomic E-state index is 12.8. The fraction of sp³-hybridized carbons (Fsp3) is 0.222. The molecule has 0 bridgehead atoms. The molecule has 0 saturated heterocycles. The van der Waals surface area contributed by atoms with Crippen LogP contribution in [0.1, 0.15) is 28.1 Å². The number of hydrogen-bond donors (Lipinski definition) is 1. The van der Waals surface area contributed by atoms with Gasteiger partial charge in [0.05, 0.1) is 6.54 Å². The minimum atomic E-state index is -0.0821. The summed E-state index contributed by atoms with van der Waals surface area (Å²) >= 11 is 13.5. The predicted molar refractivity (Wildman–Crippen MR) is 145 cm³/mol. The van der Waals surface area contributed by atoms with Gasteiger partial charge in [0.15, 0.2) is 0 Å². The monoisotopic (exact) mass is 524 g/mol. The van der Waals surface area contributed by atoms with E-state index in [0.717, 1.165) is 27.6 Å². The van der Waals surface area contributed by atoms with Crippen molar-refractivity contribution in [1.82, 2.24) is 14.7 Å². The molecule has 8 heteroatoms. The first kappa shape index (κ1) is 25.2. The number of aryl methyl sites for hydroxylation is 1. The van der Waals surface area contributed by atoms with Crippen molar-refractivity contribution in [1.29, 1.82) is 0 Å². The first-order chi connectivity index (χ1) is 17.0. The average Bonchev–Trinajstić information content (AvgIpc) is 3.31. The third kappa shape index (κ3) is 7.52. The van der Waals surface area contributed by atoms with E-state index in [1.54, 1.807) is 12.1 Å². The molecule has 0 fully saturated rings. The second kappa shape index (κ2) is 12.2. The summed E-state index contributed by atoms with van der Waals surface area (Å²) in [6, 6.07) is 23.8. The molecular weight excluding hydrogens is 499 g/mol. The Kier molecular flexibility index (Phi) is 8.74. The molecule has 0 spiro atoms. The number of nitrogens with one attached hydrogen (secondary N) is 1. The van der Waals surface area contributed by atoms with Gasteiger partial charge in [0.2, 0.25) is 11.0 Å². The van der Waals surface area contributed by atoms with E-state index in [0.29, 0.717) is 36.0 Å². The molecular formula is C27H26Cl2N4OS. The van der Waals surface area contributed by atoms with Crippen molar-refractivity contribution in [2.75, 3.05) is 18.0 Å². The van der Waals surface area contributed by atoms with E-state index in [2.05, 4.69) is 40.9 Å². The Bertz CT molecular complexity index is 1260. The minimum absolute atomic E-state index is 0.0821. The Morgan fingerprint density at radius 3 is 2.51 bits per heavy atom. The number of halogens is 2. The van der Waals surface area contributed by atoms with Crippen LogP contribution in [0.5, 0.6) is 0 Å². The van der Waals surface area contributed by atoms with Gasteiger partial charge in [0.25, 0.3) is 0 Å². The summed E-state index contributed by atoms with van der Waals surface area (Å²) in [7, 11) is 0. The van der Waals surface area contributed by atoms with E-state index in [9.17, 15) is 4.79 Å². The van der Waals surface area contributed by atoms with Crippen molar-refractivity contribution < 1.29 is 4.79 Å². The number of rotatable bonds is 10. The number of carbonyl (C=O) groups excluding carboxylic acids is 1. The molecule has 35 heavy (non-hydrogen) atoms. The number of aromatic nitrogens is 2. The average molecular weight is 526 g/mol. The van der Waals surface area contributed by atoms with Gasteiger partial charge >= 0.3 is 0 Å². The molecule has 0 aliphatic rings. The van der Waals surface area contributed by atoms with Gasteiger partial charge in [-0.15, -0.1) is 0 Å². The van der Waals surface area contributed by atoms with E-state index in [-0.39, 0.29) is 12.5 Å². The Labute approximate surface area is 219 Å². The largest absolute Gasteiger partial charge is 0.354 e. The molecule has 4 aromatic rings. The van der Waals surface area contributed by atoms with Crippen molar-refractivity contribution in [2.24, 2.45) is 0 Å². The molecule has 0 aliphatic heterocycles. The molecule has 0 atom stereocenters. The van der Waals surface area contributed by atoms with Crippen LogP contribution in [0.15, 0.2) is 72.8 Å². The van der Waals surface area contributed by atoms with Gasteiger partial charge in [-0.1, -0.05) is 89.4 Å². The van der Waals surface area contributed by atoms with Crippen LogP contribution in [-0.2, 0) is 24.2 Å².